The lowest BCUT2D eigenvalue weighted by Crippen LogP contribution is -2.05. The van der Waals surface area contributed by atoms with E-state index in [0.717, 1.165) is 5.82 Å². The van der Waals surface area contributed by atoms with Gasteiger partial charge in [-0.25, -0.2) is 4.98 Å². The highest BCUT2D eigenvalue weighted by molar-refractivity contribution is 5.16. The molecule has 68 valence electrons. The first-order chi connectivity index (χ1) is 6.36. The molecule has 0 unspecified atom stereocenters. The standard InChI is InChI=1S/C7H9N5O/c1-12-3-2-8-6(12)4-9-7-11-10-5-13-7/h2-3,5H,4H2,1H3,(H,9,11). The van der Waals surface area contributed by atoms with Crippen molar-refractivity contribution in [2.75, 3.05) is 5.32 Å². The molecule has 0 aliphatic carbocycles. The molecule has 0 amide bonds. The number of aryl methyl sites for hydroxylation is 1. The highest BCUT2D eigenvalue weighted by Crippen LogP contribution is 2.01. The molecule has 0 saturated heterocycles. The molecule has 0 aliphatic heterocycles. The monoisotopic (exact) mass is 179 g/mol. The van der Waals surface area contributed by atoms with Gasteiger partial charge >= 0.3 is 6.01 Å². The van der Waals surface area contributed by atoms with Crippen LogP contribution in [-0.4, -0.2) is 19.7 Å². The van der Waals surface area contributed by atoms with Crippen LogP contribution in [0.5, 0.6) is 0 Å². The summed E-state index contributed by atoms with van der Waals surface area (Å²) in [5, 5.41) is 10.2. The first kappa shape index (κ1) is 7.78. The van der Waals surface area contributed by atoms with Crippen molar-refractivity contribution in [1.29, 1.82) is 0 Å². The van der Waals surface area contributed by atoms with Crippen LogP contribution in [0.2, 0.25) is 0 Å². The molecule has 2 heterocycles. The Hall–Kier alpha value is -1.85. The van der Waals surface area contributed by atoms with Gasteiger partial charge < -0.3 is 14.3 Å². The second kappa shape index (κ2) is 3.26. The fraction of sp³-hybridized carbons (Fsp3) is 0.286. The zero-order valence-corrected chi connectivity index (χ0v) is 7.14. The summed E-state index contributed by atoms with van der Waals surface area (Å²) in [5.41, 5.74) is 0. The Labute approximate surface area is 74.6 Å². The summed E-state index contributed by atoms with van der Waals surface area (Å²) in [5.74, 6) is 0.915. The third-order valence-electron chi connectivity index (χ3n) is 1.68. The summed E-state index contributed by atoms with van der Waals surface area (Å²) in [6, 6.07) is 0.406. The van der Waals surface area contributed by atoms with Crippen molar-refractivity contribution in [1.82, 2.24) is 19.7 Å². The zero-order valence-electron chi connectivity index (χ0n) is 7.14. The first-order valence-electron chi connectivity index (χ1n) is 3.82. The maximum Gasteiger partial charge on any atom is 0.315 e. The van der Waals surface area contributed by atoms with Crippen LogP contribution in [0.25, 0.3) is 0 Å². The quantitative estimate of drug-likeness (QED) is 0.739. The van der Waals surface area contributed by atoms with Crippen molar-refractivity contribution in [2.24, 2.45) is 7.05 Å². The number of imidazole rings is 1. The van der Waals surface area contributed by atoms with E-state index in [1.165, 1.54) is 6.39 Å². The third kappa shape index (κ3) is 1.66. The van der Waals surface area contributed by atoms with Crippen molar-refractivity contribution < 1.29 is 4.42 Å². The Kier molecular flexibility index (Phi) is 1.95. The summed E-state index contributed by atoms with van der Waals surface area (Å²) >= 11 is 0. The number of nitrogens with zero attached hydrogens (tertiary/aromatic N) is 4. The minimum atomic E-state index is 0.406. The summed E-state index contributed by atoms with van der Waals surface area (Å²) in [6.07, 6.45) is 4.90. The lowest BCUT2D eigenvalue weighted by Gasteiger charge is -2.00. The van der Waals surface area contributed by atoms with Gasteiger partial charge in [0.1, 0.15) is 5.82 Å². The van der Waals surface area contributed by atoms with Crippen LogP contribution in [0, 0.1) is 0 Å². The molecular formula is C7H9N5O. The van der Waals surface area contributed by atoms with Gasteiger partial charge in [-0.05, 0) is 0 Å². The predicted molar refractivity (Wildman–Crippen MR) is 44.8 cm³/mol. The van der Waals surface area contributed by atoms with E-state index in [-0.39, 0.29) is 0 Å². The molecule has 0 atom stereocenters. The van der Waals surface area contributed by atoms with Crippen molar-refractivity contribution in [2.45, 2.75) is 6.54 Å². The second-order valence-corrected chi connectivity index (χ2v) is 2.55. The van der Waals surface area contributed by atoms with Crippen LogP contribution in [0.15, 0.2) is 23.2 Å². The van der Waals surface area contributed by atoms with Crippen LogP contribution in [0.4, 0.5) is 6.01 Å². The highest BCUT2D eigenvalue weighted by atomic mass is 16.4. The van der Waals surface area contributed by atoms with Gasteiger partial charge in [-0.1, -0.05) is 5.10 Å². The summed E-state index contributed by atoms with van der Waals surface area (Å²) in [7, 11) is 1.93. The minimum Gasteiger partial charge on any atom is -0.411 e. The summed E-state index contributed by atoms with van der Waals surface area (Å²) in [4.78, 5) is 4.13. The lowest BCUT2D eigenvalue weighted by atomic mass is 10.6. The van der Waals surface area contributed by atoms with Gasteiger partial charge in [0.2, 0.25) is 6.39 Å². The van der Waals surface area contributed by atoms with E-state index in [4.69, 9.17) is 4.42 Å². The number of aromatic nitrogens is 4. The highest BCUT2D eigenvalue weighted by Gasteiger charge is 2.00. The molecule has 2 aromatic rings. The van der Waals surface area contributed by atoms with Gasteiger partial charge in [0, 0.05) is 19.4 Å². The maximum atomic E-state index is 4.90. The van der Waals surface area contributed by atoms with Crippen LogP contribution in [0.3, 0.4) is 0 Å². The Morgan fingerprint density at radius 1 is 1.62 bits per heavy atom. The molecule has 2 aromatic heterocycles. The van der Waals surface area contributed by atoms with Crippen LogP contribution in [0.1, 0.15) is 5.82 Å². The van der Waals surface area contributed by atoms with Crippen LogP contribution < -0.4 is 5.32 Å². The molecule has 0 spiro atoms. The van der Waals surface area contributed by atoms with E-state index in [0.29, 0.717) is 12.6 Å². The van der Waals surface area contributed by atoms with Gasteiger partial charge in [-0.15, -0.1) is 5.10 Å². The topological polar surface area (TPSA) is 68.8 Å². The van der Waals surface area contributed by atoms with E-state index in [2.05, 4.69) is 20.5 Å². The SMILES string of the molecule is Cn1ccnc1CNc1nnco1. The van der Waals surface area contributed by atoms with Gasteiger partial charge in [-0.3, -0.25) is 0 Å². The molecule has 6 nitrogen and oxygen atoms in total. The third-order valence-corrected chi connectivity index (χ3v) is 1.68. The minimum absolute atomic E-state index is 0.406. The Morgan fingerprint density at radius 3 is 3.15 bits per heavy atom. The van der Waals surface area contributed by atoms with Gasteiger partial charge in [0.15, 0.2) is 0 Å². The normalized spacial score (nSPS) is 10.2. The largest absolute Gasteiger partial charge is 0.411 e. The van der Waals surface area contributed by atoms with E-state index < -0.39 is 0 Å². The van der Waals surface area contributed by atoms with Crippen molar-refractivity contribution >= 4 is 6.01 Å². The second-order valence-electron chi connectivity index (χ2n) is 2.55. The summed E-state index contributed by atoms with van der Waals surface area (Å²) < 4.78 is 6.82. The molecule has 0 saturated carbocycles. The smallest absolute Gasteiger partial charge is 0.315 e. The number of nitrogens with one attached hydrogen (secondary N) is 1. The molecule has 13 heavy (non-hydrogen) atoms. The number of rotatable bonds is 3. The molecule has 0 aromatic carbocycles. The van der Waals surface area contributed by atoms with E-state index in [1.54, 1.807) is 6.20 Å². The summed E-state index contributed by atoms with van der Waals surface area (Å²) in [6.45, 7) is 0.575. The maximum absolute atomic E-state index is 4.90. The Morgan fingerprint density at radius 2 is 2.54 bits per heavy atom. The van der Waals surface area contributed by atoms with Gasteiger partial charge in [0.05, 0.1) is 6.54 Å². The molecule has 0 aliphatic rings. The fourth-order valence-corrected chi connectivity index (χ4v) is 0.972. The number of hydrogen-bond acceptors (Lipinski definition) is 5. The predicted octanol–water partition coefficient (Wildman–Crippen LogP) is 0.415. The average Bonchev–Trinajstić information content (AvgIpc) is 2.72. The molecule has 0 fully saturated rings. The molecule has 0 bridgehead atoms. The fourth-order valence-electron chi connectivity index (χ4n) is 0.972. The van der Waals surface area contributed by atoms with Crippen molar-refractivity contribution in [3.05, 3.63) is 24.6 Å². The number of hydrogen-bond donors (Lipinski definition) is 1. The Balaban J connectivity index is 1.97. The van der Waals surface area contributed by atoms with Crippen LogP contribution >= 0.6 is 0 Å². The van der Waals surface area contributed by atoms with E-state index in [9.17, 15) is 0 Å². The molecule has 6 heteroatoms. The Bertz CT molecular complexity index is 366. The van der Waals surface area contributed by atoms with Crippen molar-refractivity contribution in [3.63, 3.8) is 0 Å². The molecule has 2 rings (SSSR count). The molecule has 1 N–H and O–H groups in total. The van der Waals surface area contributed by atoms with Crippen LogP contribution in [-0.2, 0) is 13.6 Å². The van der Waals surface area contributed by atoms with E-state index in [1.807, 2.05) is 17.8 Å². The van der Waals surface area contributed by atoms with Crippen molar-refractivity contribution in [3.8, 4) is 0 Å². The number of anilines is 1. The average molecular weight is 179 g/mol. The lowest BCUT2D eigenvalue weighted by molar-refractivity contribution is 0.563. The first-order valence-corrected chi connectivity index (χ1v) is 3.82. The van der Waals surface area contributed by atoms with Gasteiger partial charge in [-0.2, -0.15) is 0 Å². The van der Waals surface area contributed by atoms with Gasteiger partial charge in [0.25, 0.3) is 0 Å². The molecular weight excluding hydrogens is 170 g/mol. The molecule has 0 radical (unpaired) electrons. The van der Waals surface area contributed by atoms with E-state index >= 15 is 0 Å². The zero-order chi connectivity index (χ0) is 9.10.